The Morgan fingerprint density at radius 1 is 0.700 bits per heavy atom. The van der Waals surface area contributed by atoms with Crippen LogP contribution in [0, 0.1) is 0 Å². The van der Waals surface area contributed by atoms with Crippen LogP contribution in [-0.2, 0) is 5.60 Å². The molecule has 3 nitrogen and oxygen atoms in total. The van der Waals surface area contributed by atoms with Gasteiger partial charge in [-0.25, -0.2) is 4.98 Å². The summed E-state index contributed by atoms with van der Waals surface area (Å²) in [5, 5.41) is 12.4. The van der Waals surface area contributed by atoms with Gasteiger partial charge < -0.3 is 5.11 Å². The predicted octanol–water partition coefficient (Wildman–Crippen LogP) is 6.05. The normalized spacial score (nSPS) is 17.1. The second kappa shape index (κ2) is 6.39. The van der Waals surface area contributed by atoms with Crippen LogP contribution in [0.15, 0.2) is 102 Å². The number of nitrogens with zero attached hydrogens (tertiary/aromatic N) is 2. The molecule has 5 aromatic rings. The van der Waals surface area contributed by atoms with Crippen molar-refractivity contribution in [2.24, 2.45) is 0 Å². The molecule has 6 rings (SSSR count). The lowest BCUT2D eigenvalue weighted by Crippen LogP contribution is -2.28. The van der Waals surface area contributed by atoms with Gasteiger partial charge in [-0.05, 0) is 35.4 Å². The number of aliphatic hydroxyl groups is 1. The lowest BCUT2D eigenvalue weighted by atomic mass is 9.82. The lowest BCUT2D eigenvalue weighted by Gasteiger charge is -2.26. The number of hydrogen-bond donors (Lipinski definition) is 1. The molecular weight excluding hydrogens is 436 g/mol. The van der Waals surface area contributed by atoms with Crippen LogP contribution in [0.25, 0.3) is 27.8 Å². The van der Waals surface area contributed by atoms with Gasteiger partial charge in [0.25, 0.3) is 0 Å². The van der Waals surface area contributed by atoms with Gasteiger partial charge in [0, 0.05) is 15.6 Å². The number of aromatic nitrogens is 2. The molecule has 0 fully saturated rings. The number of rotatable bonds is 2. The highest BCUT2D eigenvalue weighted by atomic mass is 79.9. The van der Waals surface area contributed by atoms with Crippen LogP contribution >= 0.6 is 15.9 Å². The fourth-order valence-electron chi connectivity index (χ4n) is 4.59. The monoisotopic (exact) mass is 452 g/mol. The van der Waals surface area contributed by atoms with Crippen LogP contribution in [0.3, 0.4) is 0 Å². The minimum absolute atomic E-state index is 0.629. The van der Waals surface area contributed by atoms with E-state index in [1.807, 2.05) is 84.9 Å². The van der Waals surface area contributed by atoms with E-state index in [0.717, 1.165) is 43.4 Å². The van der Waals surface area contributed by atoms with Crippen molar-refractivity contribution in [1.82, 2.24) is 9.55 Å². The van der Waals surface area contributed by atoms with Gasteiger partial charge in [0.2, 0.25) is 0 Å². The Balaban J connectivity index is 1.73. The van der Waals surface area contributed by atoms with Crippen LogP contribution in [0.2, 0.25) is 0 Å². The quantitative estimate of drug-likeness (QED) is 0.353. The maximum Gasteiger partial charge on any atom is 0.176 e. The Labute approximate surface area is 182 Å². The van der Waals surface area contributed by atoms with Crippen molar-refractivity contribution in [3.05, 3.63) is 118 Å². The zero-order valence-corrected chi connectivity index (χ0v) is 17.5. The van der Waals surface area contributed by atoms with Crippen molar-refractivity contribution in [3.63, 3.8) is 0 Å². The van der Waals surface area contributed by atoms with E-state index in [4.69, 9.17) is 4.98 Å². The molecule has 0 saturated heterocycles. The van der Waals surface area contributed by atoms with Gasteiger partial charge in [-0.2, -0.15) is 0 Å². The van der Waals surface area contributed by atoms with Gasteiger partial charge in [-0.15, -0.1) is 0 Å². The van der Waals surface area contributed by atoms with Crippen LogP contribution in [0.4, 0.5) is 0 Å². The summed E-state index contributed by atoms with van der Waals surface area (Å²) in [6.07, 6.45) is 0. The maximum absolute atomic E-state index is 12.4. The lowest BCUT2D eigenvalue weighted by molar-refractivity contribution is 0.123. The number of imidazole rings is 1. The van der Waals surface area contributed by atoms with E-state index in [-0.39, 0.29) is 0 Å². The smallest absolute Gasteiger partial charge is 0.176 e. The minimum Gasteiger partial charge on any atom is -0.373 e. The standard InChI is InChI=1S/C26H17BrN2O/c27-21-13-5-2-10-18(21)17-9-1-3-11-19(17)26(30)20-12-4-7-15-23(20)29-24-16-8-6-14-22(24)28-25(26)29/h1-16,30H. The number of halogens is 1. The van der Waals surface area contributed by atoms with Crippen molar-refractivity contribution in [2.45, 2.75) is 5.60 Å². The van der Waals surface area contributed by atoms with Crippen LogP contribution in [-0.4, -0.2) is 14.7 Å². The largest absolute Gasteiger partial charge is 0.373 e. The van der Waals surface area contributed by atoms with E-state index >= 15 is 0 Å². The van der Waals surface area contributed by atoms with E-state index in [1.54, 1.807) is 0 Å². The number of para-hydroxylation sites is 3. The minimum atomic E-state index is -1.36. The fraction of sp³-hybridized carbons (Fsp3) is 0.0385. The van der Waals surface area contributed by atoms with Gasteiger partial charge >= 0.3 is 0 Å². The summed E-state index contributed by atoms with van der Waals surface area (Å²) in [7, 11) is 0. The third-order valence-corrected chi connectivity index (χ3v) is 6.59. The maximum atomic E-state index is 12.4. The van der Waals surface area contributed by atoms with Gasteiger partial charge in [0.05, 0.1) is 16.7 Å². The van der Waals surface area contributed by atoms with Crippen molar-refractivity contribution >= 4 is 27.0 Å². The number of benzene rings is 4. The zero-order valence-electron chi connectivity index (χ0n) is 16.0. The molecule has 0 bridgehead atoms. The summed E-state index contributed by atoms with van der Waals surface area (Å²) in [4.78, 5) is 4.90. The molecule has 30 heavy (non-hydrogen) atoms. The fourth-order valence-corrected chi connectivity index (χ4v) is 5.08. The van der Waals surface area contributed by atoms with Gasteiger partial charge in [-0.1, -0.05) is 88.7 Å². The Hall–Kier alpha value is -3.21. The summed E-state index contributed by atoms with van der Waals surface area (Å²) in [5.41, 5.74) is 5.15. The molecule has 0 aliphatic carbocycles. The first-order chi connectivity index (χ1) is 14.7. The van der Waals surface area contributed by atoms with E-state index in [1.165, 1.54) is 0 Å². The molecule has 0 radical (unpaired) electrons. The third-order valence-electron chi connectivity index (χ3n) is 5.90. The van der Waals surface area contributed by atoms with Gasteiger partial charge in [0.1, 0.15) is 0 Å². The molecule has 4 aromatic carbocycles. The SMILES string of the molecule is OC1(c2ccccc2-c2ccccc2Br)c2ccccc2-n2c1nc1ccccc12. The van der Waals surface area contributed by atoms with Gasteiger partial charge in [-0.3, -0.25) is 4.57 Å². The van der Waals surface area contributed by atoms with E-state index in [2.05, 4.69) is 32.6 Å². The summed E-state index contributed by atoms with van der Waals surface area (Å²) in [5.74, 6) is 0.629. The summed E-state index contributed by atoms with van der Waals surface area (Å²) < 4.78 is 3.07. The highest BCUT2D eigenvalue weighted by Gasteiger charge is 2.47. The molecular formula is C26H17BrN2O. The molecule has 1 atom stereocenters. The molecule has 0 amide bonds. The Morgan fingerprint density at radius 3 is 2.17 bits per heavy atom. The predicted molar refractivity (Wildman–Crippen MR) is 123 cm³/mol. The average molecular weight is 453 g/mol. The van der Waals surface area contributed by atoms with Crippen molar-refractivity contribution in [1.29, 1.82) is 0 Å². The summed E-state index contributed by atoms with van der Waals surface area (Å²) >= 11 is 3.68. The van der Waals surface area contributed by atoms with Crippen LogP contribution in [0.5, 0.6) is 0 Å². The van der Waals surface area contributed by atoms with Crippen molar-refractivity contribution < 1.29 is 5.11 Å². The second-order valence-corrected chi connectivity index (χ2v) is 8.37. The average Bonchev–Trinajstić information content (AvgIpc) is 3.29. The highest BCUT2D eigenvalue weighted by Crippen LogP contribution is 2.49. The highest BCUT2D eigenvalue weighted by molar-refractivity contribution is 9.10. The van der Waals surface area contributed by atoms with E-state index < -0.39 is 5.60 Å². The molecule has 2 heterocycles. The van der Waals surface area contributed by atoms with E-state index in [9.17, 15) is 5.11 Å². The molecule has 1 unspecified atom stereocenters. The molecule has 1 N–H and O–H groups in total. The van der Waals surface area contributed by atoms with Crippen molar-refractivity contribution in [2.75, 3.05) is 0 Å². The van der Waals surface area contributed by atoms with Gasteiger partial charge in [0.15, 0.2) is 11.4 Å². The third kappa shape index (κ3) is 2.26. The van der Waals surface area contributed by atoms with Crippen LogP contribution < -0.4 is 0 Å². The zero-order chi connectivity index (χ0) is 20.3. The second-order valence-electron chi connectivity index (χ2n) is 7.51. The molecule has 1 aromatic heterocycles. The summed E-state index contributed by atoms with van der Waals surface area (Å²) in [6.45, 7) is 0. The molecule has 4 heteroatoms. The topological polar surface area (TPSA) is 38.0 Å². The Bertz CT molecular complexity index is 1440. The molecule has 1 aliphatic heterocycles. The molecule has 0 spiro atoms. The number of fused-ring (bicyclic) bond motifs is 5. The summed E-state index contributed by atoms with van der Waals surface area (Å²) in [6, 6.07) is 32.2. The Morgan fingerprint density at radius 2 is 1.33 bits per heavy atom. The first-order valence-electron chi connectivity index (χ1n) is 9.84. The molecule has 1 aliphatic rings. The number of hydrogen-bond acceptors (Lipinski definition) is 2. The van der Waals surface area contributed by atoms with Crippen molar-refractivity contribution in [3.8, 4) is 16.8 Å². The Kier molecular flexibility index (Phi) is 3.76. The van der Waals surface area contributed by atoms with Crippen LogP contribution in [0.1, 0.15) is 17.0 Å². The first-order valence-corrected chi connectivity index (χ1v) is 10.6. The molecule has 0 saturated carbocycles. The molecule has 144 valence electrons. The first kappa shape index (κ1) is 17.6. The van der Waals surface area contributed by atoms with E-state index in [0.29, 0.717) is 5.82 Å².